The summed E-state index contributed by atoms with van der Waals surface area (Å²) in [6, 6.07) is 6.39. The number of fused-ring (bicyclic) bond motifs is 1. The van der Waals surface area contributed by atoms with Gasteiger partial charge in [-0.05, 0) is 52.5 Å². The molecule has 0 saturated heterocycles. The minimum absolute atomic E-state index is 0.0545. The Bertz CT molecular complexity index is 801. The second-order valence-electron chi connectivity index (χ2n) is 8.82. The summed E-state index contributed by atoms with van der Waals surface area (Å²) >= 11 is 0. The van der Waals surface area contributed by atoms with Gasteiger partial charge in [0.2, 0.25) is 5.91 Å². The van der Waals surface area contributed by atoms with Crippen LogP contribution in [0.4, 0.5) is 5.69 Å². The normalized spacial score (nSPS) is 18.6. The molecule has 1 atom stereocenters. The van der Waals surface area contributed by atoms with Crippen LogP contribution >= 0.6 is 0 Å². The average molecular weight is 339 g/mol. The van der Waals surface area contributed by atoms with E-state index in [0.717, 1.165) is 17.7 Å². The average Bonchev–Trinajstić information content (AvgIpc) is 2.98. The van der Waals surface area contributed by atoms with Gasteiger partial charge in [0.05, 0.1) is 6.20 Å². The second-order valence-corrected chi connectivity index (χ2v) is 8.82. The molecule has 2 aromatic rings. The van der Waals surface area contributed by atoms with Crippen LogP contribution in [0.2, 0.25) is 0 Å². The summed E-state index contributed by atoms with van der Waals surface area (Å²) in [5.74, 6) is -0.0410. The highest BCUT2D eigenvalue weighted by Crippen LogP contribution is 2.49. The number of benzene rings is 1. The van der Waals surface area contributed by atoms with Crippen molar-refractivity contribution < 1.29 is 4.79 Å². The van der Waals surface area contributed by atoms with E-state index < -0.39 is 0 Å². The zero-order chi connectivity index (χ0) is 18.4. The second kappa shape index (κ2) is 6.01. The van der Waals surface area contributed by atoms with E-state index in [4.69, 9.17) is 0 Å². The van der Waals surface area contributed by atoms with Crippen molar-refractivity contribution >= 4 is 11.6 Å². The van der Waals surface area contributed by atoms with E-state index in [1.807, 2.05) is 32.4 Å². The van der Waals surface area contributed by atoms with Crippen molar-refractivity contribution in [3.8, 4) is 0 Å². The van der Waals surface area contributed by atoms with Crippen molar-refractivity contribution in [3.63, 3.8) is 0 Å². The first-order valence-electron chi connectivity index (χ1n) is 9.02. The Morgan fingerprint density at radius 3 is 2.56 bits per heavy atom. The van der Waals surface area contributed by atoms with Crippen molar-refractivity contribution in [3.05, 3.63) is 47.3 Å². The molecule has 1 aromatic heterocycles. The minimum Gasteiger partial charge on any atom is -0.326 e. The van der Waals surface area contributed by atoms with E-state index in [1.165, 1.54) is 11.1 Å². The molecule has 1 amide bonds. The molecule has 1 aliphatic carbocycles. The minimum atomic E-state index is -0.0955. The van der Waals surface area contributed by atoms with Gasteiger partial charge in [-0.25, -0.2) is 0 Å². The number of carbonyl (C=O) groups excluding carboxylic acids is 1. The molecule has 25 heavy (non-hydrogen) atoms. The number of hydrogen-bond acceptors (Lipinski definition) is 2. The maximum atomic E-state index is 12.6. The molecule has 0 spiro atoms. The zero-order valence-corrected chi connectivity index (χ0v) is 16.2. The Kier molecular flexibility index (Phi) is 4.26. The third kappa shape index (κ3) is 3.48. The number of aromatic nitrogens is 2. The molecule has 4 heteroatoms. The van der Waals surface area contributed by atoms with Gasteiger partial charge in [-0.3, -0.25) is 9.48 Å². The van der Waals surface area contributed by atoms with Gasteiger partial charge in [-0.1, -0.05) is 40.7 Å². The highest BCUT2D eigenvalue weighted by atomic mass is 16.1. The van der Waals surface area contributed by atoms with Gasteiger partial charge in [-0.2, -0.15) is 5.10 Å². The summed E-state index contributed by atoms with van der Waals surface area (Å²) in [7, 11) is 1.89. The molecular weight excluding hydrogens is 310 g/mol. The molecule has 1 N–H and O–H groups in total. The van der Waals surface area contributed by atoms with Crippen molar-refractivity contribution in [1.82, 2.24) is 9.78 Å². The van der Waals surface area contributed by atoms with E-state index in [1.54, 1.807) is 4.68 Å². The van der Waals surface area contributed by atoms with Crippen LogP contribution in [0.1, 0.15) is 57.7 Å². The molecule has 0 radical (unpaired) electrons. The van der Waals surface area contributed by atoms with E-state index in [2.05, 4.69) is 50.2 Å². The Morgan fingerprint density at radius 2 is 1.92 bits per heavy atom. The van der Waals surface area contributed by atoms with Gasteiger partial charge in [0.1, 0.15) is 0 Å². The third-order valence-corrected chi connectivity index (χ3v) is 5.38. The van der Waals surface area contributed by atoms with Crippen molar-refractivity contribution in [2.24, 2.45) is 13.0 Å². The smallest absolute Gasteiger partial charge is 0.227 e. The van der Waals surface area contributed by atoms with Crippen LogP contribution in [0.25, 0.3) is 0 Å². The highest BCUT2D eigenvalue weighted by Gasteiger charge is 2.41. The number of rotatable bonds is 4. The van der Waals surface area contributed by atoms with Crippen LogP contribution in [0.3, 0.4) is 0 Å². The molecule has 0 aliphatic heterocycles. The lowest BCUT2D eigenvalue weighted by Gasteiger charge is -2.22. The van der Waals surface area contributed by atoms with Crippen LogP contribution in [-0.4, -0.2) is 15.7 Å². The summed E-state index contributed by atoms with van der Waals surface area (Å²) in [5, 5.41) is 7.26. The number of hydrogen-bond donors (Lipinski definition) is 1. The lowest BCUT2D eigenvalue weighted by Crippen LogP contribution is -2.22. The Hall–Kier alpha value is -2.10. The molecule has 1 unspecified atom stereocenters. The van der Waals surface area contributed by atoms with Gasteiger partial charge in [0.25, 0.3) is 0 Å². The number of aryl methyl sites for hydroxylation is 1. The fourth-order valence-corrected chi connectivity index (χ4v) is 4.36. The third-order valence-electron chi connectivity index (χ3n) is 5.38. The Balaban J connectivity index is 1.74. The van der Waals surface area contributed by atoms with Crippen LogP contribution in [0.5, 0.6) is 0 Å². The monoisotopic (exact) mass is 339 g/mol. The van der Waals surface area contributed by atoms with Crippen molar-refractivity contribution in [2.75, 3.05) is 5.32 Å². The number of nitrogens with zero attached hydrogens (tertiary/aromatic N) is 2. The predicted molar refractivity (Wildman–Crippen MR) is 102 cm³/mol. The maximum absolute atomic E-state index is 12.6. The fraction of sp³-hybridized carbons (Fsp3) is 0.524. The summed E-state index contributed by atoms with van der Waals surface area (Å²) in [6.45, 7) is 11.1. The first kappa shape index (κ1) is 17.7. The SMILES string of the molecule is CC(Cc1cnn(C)c1)C(=O)Nc1ccc2c(c1)C(C)(C)CC2(C)C. The number of nitrogens with one attached hydrogen (secondary N) is 1. The van der Waals surface area contributed by atoms with E-state index in [0.29, 0.717) is 6.42 Å². The first-order valence-corrected chi connectivity index (χ1v) is 9.02. The van der Waals surface area contributed by atoms with E-state index >= 15 is 0 Å². The summed E-state index contributed by atoms with van der Waals surface area (Å²) in [6.07, 6.45) is 5.61. The molecule has 4 nitrogen and oxygen atoms in total. The van der Waals surface area contributed by atoms with Gasteiger partial charge in [-0.15, -0.1) is 0 Å². The van der Waals surface area contributed by atoms with E-state index in [9.17, 15) is 4.79 Å². The summed E-state index contributed by atoms with van der Waals surface area (Å²) in [4.78, 5) is 12.6. The standard InChI is InChI=1S/C21H29N3O/c1-14(9-15-11-22-24(6)12-15)19(25)23-16-7-8-17-18(10-16)21(4,5)13-20(17,2)3/h7-8,10-12,14H,9,13H2,1-6H3,(H,23,25). The van der Waals surface area contributed by atoms with Gasteiger partial charge >= 0.3 is 0 Å². The van der Waals surface area contributed by atoms with Crippen molar-refractivity contribution in [1.29, 1.82) is 0 Å². The Morgan fingerprint density at radius 1 is 1.24 bits per heavy atom. The maximum Gasteiger partial charge on any atom is 0.227 e. The molecule has 1 heterocycles. The molecule has 3 rings (SSSR count). The summed E-state index contributed by atoms with van der Waals surface area (Å²) < 4.78 is 1.77. The zero-order valence-electron chi connectivity index (χ0n) is 16.2. The van der Waals surface area contributed by atoms with Crippen LogP contribution < -0.4 is 5.32 Å². The van der Waals surface area contributed by atoms with E-state index in [-0.39, 0.29) is 22.7 Å². The molecule has 0 bridgehead atoms. The lowest BCUT2D eigenvalue weighted by atomic mass is 9.82. The predicted octanol–water partition coefficient (Wildman–Crippen LogP) is 4.20. The number of anilines is 1. The molecular formula is C21H29N3O. The molecule has 1 aromatic carbocycles. The number of amides is 1. The highest BCUT2D eigenvalue weighted by molar-refractivity contribution is 5.92. The van der Waals surface area contributed by atoms with Crippen LogP contribution in [-0.2, 0) is 29.1 Å². The quantitative estimate of drug-likeness (QED) is 0.907. The van der Waals surface area contributed by atoms with Crippen molar-refractivity contribution in [2.45, 2.75) is 58.3 Å². The van der Waals surface area contributed by atoms with Gasteiger partial charge < -0.3 is 5.32 Å². The van der Waals surface area contributed by atoms with Gasteiger partial charge in [0, 0.05) is 24.8 Å². The lowest BCUT2D eigenvalue weighted by molar-refractivity contribution is -0.119. The molecule has 0 fully saturated rings. The molecule has 0 saturated carbocycles. The largest absolute Gasteiger partial charge is 0.326 e. The number of carbonyl (C=O) groups is 1. The van der Waals surface area contributed by atoms with Crippen LogP contribution in [0.15, 0.2) is 30.6 Å². The van der Waals surface area contributed by atoms with Crippen LogP contribution in [0, 0.1) is 5.92 Å². The molecule has 1 aliphatic rings. The summed E-state index contributed by atoms with van der Waals surface area (Å²) in [5.41, 5.74) is 5.07. The molecule has 134 valence electrons. The Labute approximate surface area is 150 Å². The van der Waals surface area contributed by atoms with Gasteiger partial charge in [0.15, 0.2) is 0 Å². The fourth-order valence-electron chi connectivity index (χ4n) is 4.36. The first-order chi connectivity index (χ1) is 11.6. The topological polar surface area (TPSA) is 46.9 Å².